The van der Waals surface area contributed by atoms with Gasteiger partial charge < -0.3 is 9.88 Å². The van der Waals surface area contributed by atoms with Crippen LogP contribution in [0.3, 0.4) is 0 Å². The largest absolute Gasteiger partial charge is 0.361 e. The van der Waals surface area contributed by atoms with Crippen molar-refractivity contribution in [2.45, 2.75) is 25.2 Å². The van der Waals surface area contributed by atoms with E-state index in [2.05, 4.69) is 34.8 Å². The molecule has 0 radical (unpaired) electrons. The van der Waals surface area contributed by atoms with Crippen LogP contribution in [0.15, 0.2) is 30.5 Å². The minimum atomic E-state index is -0.0136. The van der Waals surface area contributed by atoms with E-state index >= 15 is 0 Å². The Labute approximate surface area is 124 Å². The van der Waals surface area contributed by atoms with E-state index < -0.39 is 0 Å². The second kappa shape index (κ2) is 5.50. The van der Waals surface area contributed by atoms with Crippen molar-refractivity contribution in [2.24, 2.45) is 5.84 Å². The number of rotatable bonds is 3. The molecule has 0 aliphatic carbocycles. The van der Waals surface area contributed by atoms with Gasteiger partial charge in [0.1, 0.15) is 0 Å². The van der Waals surface area contributed by atoms with Crippen LogP contribution in [0.25, 0.3) is 10.9 Å². The Morgan fingerprint density at radius 2 is 2.10 bits per heavy atom. The number of piperidine rings is 1. The zero-order valence-corrected chi connectivity index (χ0v) is 12.4. The SMILES string of the molecule is CC(=O)N1CCC(CNN)(c2c[nH]c3ccccc23)CC1. The second-order valence-electron chi connectivity index (χ2n) is 5.92. The average molecular weight is 286 g/mol. The van der Waals surface area contributed by atoms with E-state index in [9.17, 15) is 4.79 Å². The monoisotopic (exact) mass is 286 g/mol. The van der Waals surface area contributed by atoms with E-state index in [1.54, 1.807) is 6.92 Å². The van der Waals surface area contributed by atoms with E-state index in [-0.39, 0.29) is 11.3 Å². The molecule has 1 fully saturated rings. The number of fused-ring (bicyclic) bond motifs is 1. The Balaban J connectivity index is 1.97. The molecule has 112 valence electrons. The van der Waals surface area contributed by atoms with Gasteiger partial charge in [0, 0.05) is 49.1 Å². The summed E-state index contributed by atoms with van der Waals surface area (Å²) < 4.78 is 0. The van der Waals surface area contributed by atoms with Crippen molar-refractivity contribution in [3.63, 3.8) is 0 Å². The number of nitrogens with one attached hydrogen (secondary N) is 2. The molecular weight excluding hydrogens is 264 g/mol. The van der Waals surface area contributed by atoms with Crippen LogP contribution in [0, 0.1) is 0 Å². The summed E-state index contributed by atoms with van der Waals surface area (Å²) in [5, 5.41) is 1.25. The van der Waals surface area contributed by atoms with Crippen LogP contribution in [0.5, 0.6) is 0 Å². The topological polar surface area (TPSA) is 74.2 Å². The Morgan fingerprint density at radius 1 is 1.38 bits per heavy atom. The van der Waals surface area contributed by atoms with Gasteiger partial charge in [0.2, 0.25) is 5.91 Å². The molecule has 21 heavy (non-hydrogen) atoms. The number of likely N-dealkylation sites (tertiary alicyclic amines) is 1. The number of carbonyl (C=O) groups is 1. The predicted molar refractivity (Wildman–Crippen MR) is 83.7 cm³/mol. The summed E-state index contributed by atoms with van der Waals surface area (Å²) in [6.07, 6.45) is 3.96. The molecule has 5 nitrogen and oxygen atoms in total. The molecule has 5 heteroatoms. The molecule has 0 unspecified atom stereocenters. The highest BCUT2D eigenvalue weighted by atomic mass is 16.2. The molecule has 1 amide bonds. The molecule has 0 spiro atoms. The number of nitrogens with zero attached hydrogens (tertiary/aromatic N) is 1. The molecule has 1 aromatic heterocycles. The lowest BCUT2D eigenvalue weighted by Crippen LogP contribution is -2.50. The lowest BCUT2D eigenvalue weighted by molar-refractivity contribution is -0.130. The summed E-state index contributed by atoms with van der Waals surface area (Å²) in [7, 11) is 0. The summed E-state index contributed by atoms with van der Waals surface area (Å²) in [6, 6.07) is 8.34. The minimum Gasteiger partial charge on any atom is -0.361 e. The number of hydrazine groups is 1. The molecular formula is C16H22N4O. The number of benzene rings is 1. The Kier molecular flexibility index (Phi) is 3.69. The summed E-state index contributed by atoms with van der Waals surface area (Å²) >= 11 is 0. The maximum absolute atomic E-state index is 11.5. The van der Waals surface area contributed by atoms with Crippen LogP contribution in [-0.4, -0.2) is 35.4 Å². The van der Waals surface area contributed by atoms with Gasteiger partial charge in [0.15, 0.2) is 0 Å². The number of aromatic amines is 1. The predicted octanol–water partition coefficient (Wildman–Crippen LogP) is 1.51. The number of H-pyrrole nitrogens is 1. The first kappa shape index (κ1) is 14.1. The molecule has 2 aromatic rings. The summed E-state index contributed by atoms with van der Waals surface area (Å²) in [5.74, 6) is 5.80. The van der Waals surface area contributed by atoms with Gasteiger partial charge in [-0.15, -0.1) is 0 Å². The molecule has 1 aliphatic heterocycles. The maximum atomic E-state index is 11.5. The minimum absolute atomic E-state index is 0.0136. The Morgan fingerprint density at radius 3 is 2.76 bits per heavy atom. The summed E-state index contributed by atoms with van der Waals surface area (Å²) in [5.41, 5.74) is 5.30. The van der Waals surface area contributed by atoms with Crippen molar-refractivity contribution in [3.8, 4) is 0 Å². The summed E-state index contributed by atoms with van der Waals surface area (Å²) in [6.45, 7) is 3.94. The van der Waals surface area contributed by atoms with E-state index in [0.29, 0.717) is 0 Å². The van der Waals surface area contributed by atoms with Gasteiger partial charge in [-0.25, -0.2) is 0 Å². The smallest absolute Gasteiger partial charge is 0.219 e. The third-order valence-corrected chi connectivity index (χ3v) is 4.77. The summed E-state index contributed by atoms with van der Waals surface area (Å²) in [4.78, 5) is 16.8. The van der Waals surface area contributed by atoms with Crippen molar-refractivity contribution in [1.29, 1.82) is 0 Å². The maximum Gasteiger partial charge on any atom is 0.219 e. The van der Waals surface area contributed by atoms with E-state index in [0.717, 1.165) is 38.0 Å². The molecule has 1 aromatic carbocycles. The highest BCUT2D eigenvalue weighted by Crippen LogP contribution is 2.38. The van der Waals surface area contributed by atoms with Gasteiger partial charge in [-0.1, -0.05) is 18.2 Å². The van der Waals surface area contributed by atoms with Gasteiger partial charge in [-0.2, -0.15) is 0 Å². The fourth-order valence-corrected chi connectivity index (χ4v) is 3.50. The molecule has 1 saturated heterocycles. The fraction of sp³-hybridized carbons (Fsp3) is 0.438. The lowest BCUT2D eigenvalue weighted by Gasteiger charge is -2.41. The second-order valence-corrected chi connectivity index (χ2v) is 5.92. The Bertz CT molecular complexity index is 641. The number of para-hydroxylation sites is 1. The van der Waals surface area contributed by atoms with Crippen LogP contribution in [0.4, 0.5) is 0 Å². The molecule has 1 aliphatic rings. The highest BCUT2D eigenvalue weighted by molar-refractivity contribution is 5.84. The van der Waals surface area contributed by atoms with Crippen LogP contribution in [0.1, 0.15) is 25.3 Å². The van der Waals surface area contributed by atoms with Crippen LogP contribution in [0.2, 0.25) is 0 Å². The fourth-order valence-electron chi connectivity index (χ4n) is 3.50. The van der Waals surface area contributed by atoms with E-state index in [4.69, 9.17) is 5.84 Å². The number of hydrogen-bond acceptors (Lipinski definition) is 3. The quantitative estimate of drug-likeness (QED) is 0.591. The molecule has 0 bridgehead atoms. The van der Waals surface area contributed by atoms with Crippen molar-refractivity contribution >= 4 is 16.8 Å². The van der Waals surface area contributed by atoms with Gasteiger partial charge in [-0.3, -0.25) is 16.1 Å². The van der Waals surface area contributed by atoms with Crippen molar-refractivity contribution in [1.82, 2.24) is 15.3 Å². The number of nitrogens with two attached hydrogens (primary N) is 1. The first-order chi connectivity index (χ1) is 10.2. The first-order valence-corrected chi connectivity index (χ1v) is 7.42. The molecule has 3 rings (SSSR count). The number of carbonyl (C=O) groups excluding carboxylic acids is 1. The third-order valence-electron chi connectivity index (χ3n) is 4.77. The molecule has 2 heterocycles. The number of aromatic nitrogens is 1. The molecule has 4 N–H and O–H groups in total. The van der Waals surface area contributed by atoms with Gasteiger partial charge in [-0.05, 0) is 24.5 Å². The standard InChI is InChI=1S/C16H22N4O/c1-12(21)20-8-6-16(7-9-20,11-19-17)14-10-18-15-5-3-2-4-13(14)15/h2-5,10,18-19H,6-9,11,17H2,1H3. The normalized spacial score (nSPS) is 18.1. The number of hydrogen-bond donors (Lipinski definition) is 3. The van der Waals surface area contributed by atoms with Crippen LogP contribution >= 0.6 is 0 Å². The van der Waals surface area contributed by atoms with Gasteiger partial charge in [0.05, 0.1) is 0 Å². The van der Waals surface area contributed by atoms with Gasteiger partial charge in [0.25, 0.3) is 0 Å². The first-order valence-electron chi connectivity index (χ1n) is 7.42. The van der Waals surface area contributed by atoms with Crippen molar-refractivity contribution in [2.75, 3.05) is 19.6 Å². The Hall–Kier alpha value is -1.85. The number of amides is 1. The zero-order chi connectivity index (χ0) is 14.9. The van der Waals surface area contributed by atoms with Crippen molar-refractivity contribution in [3.05, 3.63) is 36.0 Å². The van der Waals surface area contributed by atoms with Gasteiger partial charge >= 0.3 is 0 Å². The third kappa shape index (κ3) is 2.43. The highest BCUT2D eigenvalue weighted by Gasteiger charge is 2.38. The van der Waals surface area contributed by atoms with Crippen LogP contribution in [-0.2, 0) is 10.2 Å². The zero-order valence-electron chi connectivity index (χ0n) is 12.4. The van der Waals surface area contributed by atoms with Crippen molar-refractivity contribution < 1.29 is 4.79 Å². The average Bonchev–Trinajstić information content (AvgIpc) is 2.92. The molecule has 0 atom stereocenters. The van der Waals surface area contributed by atoms with E-state index in [1.807, 2.05) is 11.0 Å². The van der Waals surface area contributed by atoms with E-state index in [1.165, 1.54) is 10.9 Å². The lowest BCUT2D eigenvalue weighted by atomic mass is 9.72. The van der Waals surface area contributed by atoms with Crippen LogP contribution < -0.4 is 11.3 Å². The molecule has 0 saturated carbocycles.